The molecule has 2 aromatic rings. The SMILES string of the molecule is CCc1cccc(C)c1NC(=O)C1=Cc2cc(Br)ccc2OC=C1. The number of hydrogen-bond donors (Lipinski definition) is 1. The summed E-state index contributed by atoms with van der Waals surface area (Å²) in [5, 5.41) is 3.05. The average Bonchev–Trinajstić information content (AvgIpc) is 2.78. The second-order valence-corrected chi connectivity index (χ2v) is 6.53. The van der Waals surface area contributed by atoms with Crippen molar-refractivity contribution in [2.75, 3.05) is 5.32 Å². The van der Waals surface area contributed by atoms with Crippen molar-refractivity contribution >= 4 is 33.6 Å². The van der Waals surface area contributed by atoms with E-state index in [9.17, 15) is 4.79 Å². The Hall–Kier alpha value is -2.33. The van der Waals surface area contributed by atoms with Gasteiger partial charge in [-0.25, -0.2) is 0 Å². The van der Waals surface area contributed by atoms with Crippen molar-refractivity contribution in [3.63, 3.8) is 0 Å². The van der Waals surface area contributed by atoms with E-state index >= 15 is 0 Å². The Bertz CT molecular complexity index is 853. The summed E-state index contributed by atoms with van der Waals surface area (Å²) < 4.78 is 6.51. The summed E-state index contributed by atoms with van der Waals surface area (Å²) in [5.74, 6) is 0.578. The monoisotopic (exact) mass is 383 g/mol. The quantitative estimate of drug-likeness (QED) is 0.785. The Morgan fingerprint density at radius 2 is 2.08 bits per heavy atom. The minimum Gasteiger partial charge on any atom is -0.464 e. The number of nitrogens with one attached hydrogen (secondary N) is 1. The maximum atomic E-state index is 12.7. The van der Waals surface area contributed by atoms with Gasteiger partial charge in [0.25, 0.3) is 5.91 Å². The van der Waals surface area contributed by atoms with Crippen LogP contribution in [0.15, 0.2) is 58.8 Å². The summed E-state index contributed by atoms with van der Waals surface area (Å²) >= 11 is 3.45. The number of halogens is 1. The van der Waals surface area contributed by atoms with Gasteiger partial charge in [0.15, 0.2) is 0 Å². The van der Waals surface area contributed by atoms with Gasteiger partial charge in [-0.05, 0) is 54.8 Å². The van der Waals surface area contributed by atoms with Crippen LogP contribution in [-0.4, -0.2) is 5.91 Å². The number of rotatable bonds is 3. The highest BCUT2D eigenvalue weighted by molar-refractivity contribution is 9.10. The van der Waals surface area contributed by atoms with E-state index in [2.05, 4.69) is 28.2 Å². The molecule has 1 aliphatic heterocycles. The van der Waals surface area contributed by atoms with E-state index in [1.165, 1.54) is 0 Å². The molecule has 0 atom stereocenters. The summed E-state index contributed by atoms with van der Waals surface area (Å²) in [6, 6.07) is 11.8. The number of anilines is 1. The smallest absolute Gasteiger partial charge is 0.255 e. The van der Waals surface area contributed by atoms with Crippen LogP contribution in [0, 0.1) is 6.92 Å². The highest BCUT2D eigenvalue weighted by atomic mass is 79.9. The van der Waals surface area contributed by atoms with Gasteiger partial charge in [-0.1, -0.05) is 41.1 Å². The zero-order valence-corrected chi connectivity index (χ0v) is 15.2. The van der Waals surface area contributed by atoms with E-state index in [0.717, 1.165) is 39.0 Å². The van der Waals surface area contributed by atoms with Gasteiger partial charge >= 0.3 is 0 Å². The Labute approximate surface area is 150 Å². The lowest BCUT2D eigenvalue weighted by atomic mass is 10.0. The number of carbonyl (C=O) groups excluding carboxylic acids is 1. The van der Waals surface area contributed by atoms with Gasteiger partial charge in [-0.2, -0.15) is 0 Å². The number of benzene rings is 2. The zero-order valence-electron chi connectivity index (χ0n) is 13.6. The second-order valence-electron chi connectivity index (χ2n) is 5.62. The molecule has 0 radical (unpaired) electrons. The largest absolute Gasteiger partial charge is 0.464 e. The molecule has 0 aliphatic carbocycles. The highest BCUT2D eigenvalue weighted by Gasteiger charge is 2.14. The molecule has 0 saturated carbocycles. The third-order valence-electron chi connectivity index (χ3n) is 3.97. The van der Waals surface area contributed by atoms with Gasteiger partial charge in [0, 0.05) is 21.3 Å². The zero-order chi connectivity index (χ0) is 17.1. The third-order valence-corrected chi connectivity index (χ3v) is 4.46. The Balaban J connectivity index is 1.93. The number of carbonyl (C=O) groups is 1. The second kappa shape index (κ2) is 7.05. The van der Waals surface area contributed by atoms with E-state index in [4.69, 9.17) is 4.74 Å². The van der Waals surface area contributed by atoms with Crippen molar-refractivity contribution in [1.82, 2.24) is 0 Å². The van der Waals surface area contributed by atoms with Crippen molar-refractivity contribution in [2.45, 2.75) is 20.3 Å². The molecule has 0 fully saturated rings. The van der Waals surface area contributed by atoms with Crippen molar-refractivity contribution in [2.24, 2.45) is 0 Å². The molecular formula is C20H18BrNO2. The molecule has 1 heterocycles. The van der Waals surface area contributed by atoms with Gasteiger partial charge in [0.2, 0.25) is 0 Å². The normalized spacial score (nSPS) is 12.7. The molecule has 2 aromatic carbocycles. The predicted molar refractivity (Wildman–Crippen MR) is 101 cm³/mol. The molecule has 3 rings (SSSR count). The summed E-state index contributed by atoms with van der Waals surface area (Å²) in [5.41, 5.74) is 4.48. The molecule has 1 N–H and O–H groups in total. The lowest BCUT2D eigenvalue weighted by molar-refractivity contribution is -0.112. The van der Waals surface area contributed by atoms with Gasteiger partial charge < -0.3 is 10.1 Å². The first-order valence-corrected chi connectivity index (χ1v) is 8.62. The van der Waals surface area contributed by atoms with Crippen molar-refractivity contribution in [3.05, 3.63) is 75.5 Å². The number of amides is 1. The fourth-order valence-corrected chi connectivity index (χ4v) is 3.04. The minimum absolute atomic E-state index is 0.147. The molecule has 24 heavy (non-hydrogen) atoms. The Morgan fingerprint density at radius 3 is 2.88 bits per heavy atom. The molecule has 4 heteroatoms. The molecule has 0 unspecified atom stereocenters. The lowest BCUT2D eigenvalue weighted by Gasteiger charge is -2.13. The molecule has 3 nitrogen and oxygen atoms in total. The predicted octanol–water partition coefficient (Wildman–Crippen LogP) is 5.25. The summed E-state index contributed by atoms with van der Waals surface area (Å²) in [7, 11) is 0. The highest BCUT2D eigenvalue weighted by Crippen LogP contribution is 2.29. The number of ether oxygens (including phenoxy) is 1. The number of fused-ring (bicyclic) bond motifs is 1. The first kappa shape index (κ1) is 16.5. The van der Waals surface area contributed by atoms with E-state index < -0.39 is 0 Å². The van der Waals surface area contributed by atoms with Crippen LogP contribution in [0.4, 0.5) is 5.69 Å². The molecule has 0 bridgehead atoms. The van der Waals surface area contributed by atoms with Crippen LogP contribution in [0.3, 0.4) is 0 Å². The fraction of sp³-hybridized carbons (Fsp3) is 0.150. The first-order chi connectivity index (χ1) is 11.6. The van der Waals surface area contributed by atoms with Crippen LogP contribution >= 0.6 is 15.9 Å². The molecule has 122 valence electrons. The van der Waals surface area contributed by atoms with Gasteiger partial charge in [0.05, 0.1) is 6.26 Å². The maximum Gasteiger partial charge on any atom is 0.255 e. The van der Waals surface area contributed by atoms with Gasteiger partial charge in [-0.15, -0.1) is 0 Å². The van der Waals surface area contributed by atoms with Crippen LogP contribution in [0.2, 0.25) is 0 Å². The van der Waals surface area contributed by atoms with Gasteiger partial charge in [-0.3, -0.25) is 4.79 Å². The van der Waals surface area contributed by atoms with Crippen molar-refractivity contribution in [3.8, 4) is 5.75 Å². The molecular weight excluding hydrogens is 366 g/mol. The van der Waals surface area contributed by atoms with Crippen molar-refractivity contribution in [1.29, 1.82) is 0 Å². The molecule has 0 aromatic heterocycles. The fourth-order valence-electron chi connectivity index (χ4n) is 2.66. The van der Waals surface area contributed by atoms with Crippen molar-refractivity contribution < 1.29 is 9.53 Å². The minimum atomic E-state index is -0.147. The molecule has 0 saturated heterocycles. The Kier molecular flexibility index (Phi) is 4.86. The molecule has 0 spiro atoms. The average molecular weight is 384 g/mol. The first-order valence-electron chi connectivity index (χ1n) is 7.83. The van der Waals surface area contributed by atoms with E-state index in [-0.39, 0.29) is 5.91 Å². The van der Waals surface area contributed by atoms with Gasteiger partial charge in [0.1, 0.15) is 5.75 Å². The summed E-state index contributed by atoms with van der Waals surface area (Å²) in [6.45, 7) is 4.08. The van der Waals surface area contributed by atoms with Crippen LogP contribution in [0.1, 0.15) is 23.6 Å². The topological polar surface area (TPSA) is 38.3 Å². The van der Waals surface area contributed by atoms with E-state index in [0.29, 0.717) is 5.57 Å². The van der Waals surface area contributed by atoms with Crippen LogP contribution in [-0.2, 0) is 11.2 Å². The Morgan fingerprint density at radius 1 is 1.25 bits per heavy atom. The summed E-state index contributed by atoms with van der Waals surface area (Å²) in [4.78, 5) is 12.7. The number of aryl methyl sites for hydroxylation is 2. The van der Waals surface area contributed by atoms with E-state index in [1.807, 2.05) is 49.4 Å². The van der Waals surface area contributed by atoms with Crippen LogP contribution < -0.4 is 10.1 Å². The summed E-state index contributed by atoms with van der Waals surface area (Å²) in [6.07, 6.45) is 5.94. The molecule has 1 aliphatic rings. The number of para-hydroxylation sites is 1. The standard InChI is InChI=1S/C20H18BrNO2/c1-3-14-6-4-5-13(2)19(14)22-20(23)15-9-10-24-18-8-7-17(21)12-16(18)11-15/h4-12H,3H2,1-2H3,(H,22,23). The maximum absolute atomic E-state index is 12.7. The van der Waals surface area contributed by atoms with Crippen LogP contribution in [0.5, 0.6) is 5.75 Å². The molecule has 1 amide bonds. The van der Waals surface area contributed by atoms with E-state index in [1.54, 1.807) is 12.3 Å². The number of hydrogen-bond acceptors (Lipinski definition) is 2. The third kappa shape index (κ3) is 3.44. The van der Waals surface area contributed by atoms with Crippen LogP contribution in [0.25, 0.3) is 6.08 Å². The lowest BCUT2D eigenvalue weighted by Crippen LogP contribution is -2.15.